The second kappa shape index (κ2) is 15.2. The maximum absolute atomic E-state index is 13.4. The molecular weight excluding hydrogens is 496 g/mol. The van der Waals surface area contributed by atoms with Gasteiger partial charge in [0.2, 0.25) is 24.1 Å². The fraction of sp³-hybridized carbons (Fsp3) is 0.577. The lowest BCUT2D eigenvalue weighted by Gasteiger charge is -2.30. The zero-order valence-corrected chi connectivity index (χ0v) is 22.7. The van der Waals surface area contributed by atoms with Gasteiger partial charge in [-0.25, -0.2) is 4.79 Å². The summed E-state index contributed by atoms with van der Waals surface area (Å²) < 4.78 is 4.91. The molecule has 4 amide bonds. The van der Waals surface area contributed by atoms with E-state index >= 15 is 0 Å². The van der Waals surface area contributed by atoms with E-state index in [0.717, 1.165) is 5.56 Å². The Bertz CT molecular complexity index is 929. The standard InChI is InChI=1S/C26H38N4O6S/c1-17(2)14-22(24(33)29-21(26(35)36-3)15-18-8-6-5-7-9-18)30-12-10-20(25(30)34)28-23(32)19(27-16-31)11-13-37-4/h5-9,16-17,19-22H,10-15H2,1-4H3,(H,27,31)(H,28,32)(H,29,33)/t19-,20?,21-,22-/m0/s1. The van der Waals surface area contributed by atoms with Gasteiger partial charge in [0.25, 0.3) is 0 Å². The Morgan fingerprint density at radius 1 is 1.16 bits per heavy atom. The highest BCUT2D eigenvalue weighted by atomic mass is 32.2. The molecule has 0 radical (unpaired) electrons. The summed E-state index contributed by atoms with van der Waals surface area (Å²) in [7, 11) is 1.27. The molecule has 1 aromatic rings. The number of hydrogen-bond donors (Lipinski definition) is 3. The Morgan fingerprint density at radius 2 is 1.86 bits per heavy atom. The molecule has 1 aliphatic rings. The van der Waals surface area contributed by atoms with E-state index in [1.54, 1.807) is 11.8 Å². The lowest BCUT2D eigenvalue weighted by molar-refractivity contribution is -0.146. The number of thioether (sulfide) groups is 1. The molecule has 1 aromatic carbocycles. The molecule has 0 aliphatic carbocycles. The lowest BCUT2D eigenvalue weighted by Crippen LogP contribution is -2.55. The summed E-state index contributed by atoms with van der Waals surface area (Å²) in [5, 5.41) is 8.02. The first-order valence-corrected chi connectivity index (χ1v) is 13.8. The van der Waals surface area contributed by atoms with Crippen molar-refractivity contribution in [1.82, 2.24) is 20.9 Å². The van der Waals surface area contributed by atoms with Gasteiger partial charge in [0.15, 0.2) is 0 Å². The molecule has 1 heterocycles. The third kappa shape index (κ3) is 9.07. The van der Waals surface area contributed by atoms with E-state index in [0.29, 0.717) is 31.4 Å². The van der Waals surface area contributed by atoms with Crippen LogP contribution in [0.2, 0.25) is 0 Å². The maximum Gasteiger partial charge on any atom is 0.328 e. The van der Waals surface area contributed by atoms with Gasteiger partial charge in [-0.2, -0.15) is 11.8 Å². The van der Waals surface area contributed by atoms with Crippen LogP contribution >= 0.6 is 11.8 Å². The predicted octanol–water partition coefficient (Wildman–Crippen LogP) is 0.886. The molecule has 0 bridgehead atoms. The maximum atomic E-state index is 13.4. The van der Waals surface area contributed by atoms with Gasteiger partial charge in [-0.3, -0.25) is 19.2 Å². The van der Waals surface area contributed by atoms with Gasteiger partial charge in [0, 0.05) is 13.0 Å². The predicted molar refractivity (Wildman–Crippen MR) is 142 cm³/mol. The molecule has 1 aliphatic heterocycles. The highest BCUT2D eigenvalue weighted by Crippen LogP contribution is 2.21. The normalized spacial score (nSPS) is 17.6. The van der Waals surface area contributed by atoms with Crippen LogP contribution in [0.15, 0.2) is 30.3 Å². The van der Waals surface area contributed by atoms with Crippen LogP contribution < -0.4 is 16.0 Å². The molecule has 2 rings (SSSR count). The van der Waals surface area contributed by atoms with Crippen molar-refractivity contribution < 1.29 is 28.7 Å². The van der Waals surface area contributed by atoms with Crippen molar-refractivity contribution in [2.24, 2.45) is 5.92 Å². The molecule has 0 aromatic heterocycles. The van der Waals surface area contributed by atoms with Crippen molar-refractivity contribution in [3.63, 3.8) is 0 Å². The molecule has 11 heteroatoms. The zero-order valence-electron chi connectivity index (χ0n) is 21.9. The minimum atomic E-state index is -0.908. The molecule has 10 nitrogen and oxygen atoms in total. The molecule has 1 saturated heterocycles. The minimum Gasteiger partial charge on any atom is -0.467 e. The van der Waals surface area contributed by atoms with E-state index in [-0.39, 0.29) is 24.8 Å². The van der Waals surface area contributed by atoms with E-state index in [2.05, 4.69) is 16.0 Å². The van der Waals surface area contributed by atoms with Gasteiger partial charge >= 0.3 is 5.97 Å². The van der Waals surface area contributed by atoms with Crippen molar-refractivity contribution in [1.29, 1.82) is 0 Å². The van der Waals surface area contributed by atoms with Crippen LogP contribution in [0.4, 0.5) is 0 Å². The highest BCUT2D eigenvalue weighted by molar-refractivity contribution is 7.98. The van der Waals surface area contributed by atoms with E-state index in [1.807, 2.05) is 50.4 Å². The molecule has 37 heavy (non-hydrogen) atoms. The summed E-state index contributed by atoms with van der Waals surface area (Å²) in [6, 6.07) is 6.03. The third-order valence-electron chi connectivity index (χ3n) is 6.21. The summed E-state index contributed by atoms with van der Waals surface area (Å²) in [5.74, 6) is -1.04. The first kappa shape index (κ1) is 30.1. The molecule has 0 saturated carbocycles. The fourth-order valence-electron chi connectivity index (χ4n) is 4.30. The van der Waals surface area contributed by atoms with Gasteiger partial charge < -0.3 is 25.6 Å². The van der Waals surface area contributed by atoms with Gasteiger partial charge in [0.05, 0.1) is 7.11 Å². The van der Waals surface area contributed by atoms with Gasteiger partial charge in [0.1, 0.15) is 24.2 Å². The molecule has 4 atom stereocenters. The summed E-state index contributed by atoms with van der Waals surface area (Å²) in [6.45, 7) is 4.18. The van der Waals surface area contributed by atoms with Gasteiger partial charge in [-0.1, -0.05) is 44.2 Å². The van der Waals surface area contributed by atoms with E-state index in [4.69, 9.17) is 4.74 Å². The summed E-state index contributed by atoms with van der Waals surface area (Å²) in [4.78, 5) is 64.3. The van der Waals surface area contributed by atoms with Crippen molar-refractivity contribution in [3.8, 4) is 0 Å². The SMILES string of the molecule is COC(=O)[C@H](Cc1ccccc1)NC(=O)[C@H](CC(C)C)N1CCC(NC(=O)[C@H](CCSC)NC=O)C1=O. The van der Waals surface area contributed by atoms with Crippen molar-refractivity contribution in [2.75, 3.05) is 25.7 Å². The minimum absolute atomic E-state index is 0.0932. The Labute approximate surface area is 222 Å². The molecule has 1 fully saturated rings. The average Bonchev–Trinajstić information content (AvgIpc) is 3.23. The first-order valence-electron chi connectivity index (χ1n) is 12.4. The number of hydrogen-bond acceptors (Lipinski definition) is 7. The lowest BCUT2D eigenvalue weighted by atomic mass is 10.0. The Morgan fingerprint density at radius 3 is 2.46 bits per heavy atom. The zero-order chi connectivity index (χ0) is 27.4. The molecule has 0 spiro atoms. The van der Waals surface area contributed by atoms with Gasteiger partial charge in [-0.15, -0.1) is 0 Å². The summed E-state index contributed by atoms with van der Waals surface area (Å²) in [6.07, 6.45) is 3.79. The highest BCUT2D eigenvalue weighted by Gasteiger charge is 2.41. The number of benzene rings is 1. The average molecular weight is 535 g/mol. The third-order valence-corrected chi connectivity index (χ3v) is 6.86. The Balaban J connectivity index is 2.14. The number of nitrogens with one attached hydrogen (secondary N) is 3. The molecule has 3 N–H and O–H groups in total. The number of methoxy groups -OCH3 is 1. The largest absolute Gasteiger partial charge is 0.467 e. The number of ether oxygens (including phenoxy) is 1. The second-order valence-electron chi connectivity index (χ2n) is 9.42. The van der Waals surface area contributed by atoms with Crippen LogP contribution in [-0.2, 0) is 35.1 Å². The number of nitrogens with zero attached hydrogens (tertiary/aromatic N) is 1. The fourth-order valence-corrected chi connectivity index (χ4v) is 4.77. The number of carbonyl (C=O) groups excluding carboxylic acids is 5. The molecular formula is C26H38N4O6S. The van der Waals surface area contributed by atoms with Crippen LogP contribution in [0.5, 0.6) is 0 Å². The number of likely N-dealkylation sites (tertiary alicyclic amines) is 1. The molecule has 1 unspecified atom stereocenters. The topological polar surface area (TPSA) is 134 Å². The van der Waals surface area contributed by atoms with E-state index in [9.17, 15) is 24.0 Å². The Kier molecular flexibility index (Phi) is 12.4. The van der Waals surface area contributed by atoms with Crippen LogP contribution in [-0.4, -0.2) is 84.8 Å². The number of amides is 4. The number of esters is 1. The van der Waals surface area contributed by atoms with Crippen molar-refractivity contribution in [3.05, 3.63) is 35.9 Å². The second-order valence-corrected chi connectivity index (χ2v) is 10.4. The number of rotatable bonds is 15. The molecule has 204 valence electrons. The van der Waals surface area contributed by atoms with Crippen LogP contribution in [0.3, 0.4) is 0 Å². The summed E-state index contributed by atoms with van der Waals surface area (Å²) in [5.41, 5.74) is 0.860. The van der Waals surface area contributed by atoms with E-state index in [1.165, 1.54) is 12.0 Å². The van der Waals surface area contributed by atoms with E-state index < -0.39 is 42.0 Å². The van der Waals surface area contributed by atoms with Crippen LogP contribution in [0.1, 0.15) is 38.7 Å². The summed E-state index contributed by atoms with van der Waals surface area (Å²) >= 11 is 1.55. The van der Waals surface area contributed by atoms with Crippen molar-refractivity contribution in [2.45, 2.75) is 63.7 Å². The van der Waals surface area contributed by atoms with Crippen molar-refractivity contribution >= 4 is 41.9 Å². The van der Waals surface area contributed by atoms with Crippen LogP contribution in [0.25, 0.3) is 0 Å². The monoisotopic (exact) mass is 534 g/mol. The Hall–Kier alpha value is -3.08. The smallest absolute Gasteiger partial charge is 0.328 e. The first-order chi connectivity index (χ1) is 17.7. The number of carbonyl (C=O) groups is 5. The van der Waals surface area contributed by atoms with Crippen LogP contribution in [0, 0.1) is 5.92 Å². The quantitative estimate of drug-likeness (QED) is 0.225. The van der Waals surface area contributed by atoms with Gasteiger partial charge in [-0.05, 0) is 42.8 Å².